The van der Waals surface area contributed by atoms with E-state index >= 15 is 0 Å². The smallest absolute Gasteiger partial charge is 0.0572 e. The molecule has 0 unspecified atom stereocenters. The van der Waals surface area contributed by atoms with Crippen molar-refractivity contribution in [3.63, 3.8) is 0 Å². The van der Waals surface area contributed by atoms with Crippen LogP contribution in [-0.4, -0.2) is 21.3 Å². The van der Waals surface area contributed by atoms with E-state index in [1.54, 1.807) is 14.2 Å². The highest BCUT2D eigenvalue weighted by Crippen LogP contribution is 1.32. The minimum Gasteiger partial charge on any atom is -0.308 e. The van der Waals surface area contributed by atoms with Gasteiger partial charge in [0.2, 0.25) is 0 Å². The Hall–Kier alpha value is -0.160. The molecule has 3 N–H and O–H groups in total. The predicted octanol–water partition coefficient (Wildman–Crippen LogP) is -0.726. The maximum Gasteiger partial charge on any atom is 0.0572 e. The van der Waals surface area contributed by atoms with E-state index in [-0.39, 0.29) is 0 Å². The Morgan fingerprint density at radius 1 is 1.43 bits per heavy atom. The van der Waals surface area contributed by atoms with Gasteiger partial charge in [0.05, 0.1) is 14.2 Å². The molecule has 4 nitrogen and oxygen atoms in total. The van der Waals surface area contributed by atoms with Crippen molar-refractivity contribution in [1.29, 1.82) is 0 Å². The molecule has 0 atom stereocenters. The Morgan fingerprint density at radius 2 is 1.57 bits per heavy atom. The van der Waals surface area contributed by atoms with Gasteiger partial charge in [0.15, 0.2) is 0 Å². The molecule has 0 saturated heterocycles. The number of rotatable bonds is 1. The van der Waals surface area contributed by atoms with Crippen LogP contribution < -0.4 is 11.4 Å². The molecule has 0 aliphatic carbocycles. The first-order valence-electron chi connectivity index (χ1n) is 1.76. The molecule has 0 aromatic rings. The first-order valence-corrected chi connectivity index (χ1v) is 1.76. The number of hydrogen-bond donors (Lipinski definition) is 2. The highest BCUT2D eigenvalue weighted by molar-refractivity contribution is 3.76. The SMILES string of the molecule is CNOC.CON. The van der Waals surface area contributed by atoms with E-state index in [1.165, 1.54) is 7.11 Å². The van der Waals surface area contributed by atoms with Crippen molar-refractivity contribution in [2.45, 2.75) is 0 Å². The van der Waals surface area contributed by atoms with Crippen LogP contribution >= 0.6 is 0 Å². The predicted molar refractivity (Wildman–Crippen MR) is 27.3 cm³/mol. The van der Waals surface area contributed by atoms with Crippen LogP contribution in [0.5, 0.6) is 0 Å². The average Bonchev–Trinajstić information content (AvgIpc) is 1.69. The molecule has 7 heavy (non-hydrogen) atoms. The van der Waals surface area contributed by atoms with Crippen LogP contribution in [-0.2, 0) is 9.68 Å². The van der Waals surface area contributed by atoms with E-state index in [2.05, 4.69) is 21.1 Å². The summed E-state index contributed by atoms with van der Waals surface area (Å²) < 4.78 is 0. The molecule has 0 spiro atoms. The lowest BCUT2D eigenvalue weighted by molar-refractivity contribution is 0.112. The van der Waals surface area contributed by atoms with Crippen molar-refractivity contribution >= 4 is 0 Å². The van der Waals surface area contributed by atoms with Crippen LogP contribution in [0.15, 0.2) is 0 Å². The highest BCUT2D eigenvalue weighted by Gasteiger charge is 1.45. The van der Waals surface area contributed by atoms with Gasteiger partial charge in [0, 0.05) is 7.05 Å². The molecule has 0 rings (SSSR count). The van der Waals surface area contributed by atoms with E-state index in [0.717, 1.165) is 0 Å². The van der Waals surface area contributed by atoms with Crippen molar-refractivity contribution in [3.05, 3.63) is 0 Å². The molecular weight excluding hydrogens is 96.0 g/mol. The lowest BCUT2D eigenvalue weighted by atomic mass is 11.5. The normalized spacial score (nSPS) is 6.86. The number of nitrogens with two attached hydrogens (primary N) is 1. The van der Waals surface area contributed by atoms with Crippen LogP contribution in [0.2, 0.25) is 0 Å². The summed E-state index contributed by atoms with van der Waals surface area (Å²) in [6, 6.07) is 0. The Kier molecular flexibility index (Phi) is 24.1. The lowest BCUT2D eigenvalue weighted by Crippen LogP contribution is -2.00. The van der Waals surface area contributed by atoms with Gasteiger partial charge in [-0.05, 0) is 0 Å². The molecule has 0 aromatic heterocycles. The monoisotopic (exact) mass is 108 g/mol. The first kappa shape index (κ1) is 9.96. The second-order valence-electron chi connectivity index (χ2n) is 0.644. The molecule has 0 aliphatic heterocycles. The van der Waals surface area contributed by atoms with Crippen LogP contribution in [0.3, 0.4) is 0 Å². The van der Waals surface area contributed by atoms with E-state index in [4.69, 9.17) is 0 Å². The summed E-state index contributed by atoms with van der Waals surface area (Å²) in [5, 5.41) is 0. The summed E-state index contributed by atoms with van der Waals surface area (Å²) in [6.07, 6.45) is 0. The summed E-state index contributed by atoms with van der Waals surface area (Å²) in [5.41, 5.74) is 2.43. The maximum absolute atomic E-state index is 4.35. The topological polar surface area (TPSA) is 56.5 Å². The summed E-state index contributed by atoms with van der Waals surface area (Å²) >= 11 is 0. The highest BCUT2D eigenvalue weighted by atomic mass is 16.6. The molecule has 4 heteroatoms. The second-order valence-corrected chi connectivity index (χ2v) is 0.644. The average molecular weight is 108 g/mol. The third-order valence-corrected chi connectivity index (χ3v) is 0.204. The summed E-state index contributed by atoms with van der Waals surface area (Å²) in [6.45, 7) is 0. The number of hydrogen-bond acceptors (Lipinski definition) is 4. The van der Waals surface area contributed by atoms with Gasteiger partial charge in [-0.25, -0.2) is 11.4 Å². The third kappa shape index (κ3) is 122. The fourth-order valence-electron chi connectivity index (χ4n) is 0. The quantitative estimate of drug-likeness (QED) is 0.435. The maximum atomic E-state index is 4.35. The zero-order valence-corrected chi connectivity index (χ0v) is 4.89. The summed E-state index contributed by atoms with van der Waals surface area (Å²) in [7, 11) is 4.68. The minimum atomic E-state index is 1.40. The van der Waals surface area contributed by atoms with Gasteiger partial charge in [0.1, 0.15) is 0 Å². The zero-order chi connectivity index (χ0) is 6.12. The van der Waals surface area contributed by atoms with Gasteiger partial charge in [0.25, 0.3) is 0 Å². The number of nitrogens with one attached hydrogen (secondary N) is 1. The van der Waals surface area contributed by atoms with Crippen molar-refractivity contribution in [3.8, 4) is 0 Å². The van der Waals surface area contributed by atoms with Crippen LogP contribution in [0, 0.1) is 0 Å². The Balaban J connectivity index is 0. The van der Waals surface area contributed by atoms with Gasteiger partial charge < -0.3 is 9.68 Å². The Bertz CT molecular complexity index is 18.4. The van der Waals surface area contributed by atoms with E-state index in [9.17, 15) is 0 Å². The zero-order valence-electron chi connectivity index (χ0n) is 4.89. The molecule has 0 fully saturated rings. The van der Waals surface area contributed by atoms with Gasteiger partial charge >= 0.3 is 0 Å². The van der Waals surface area contributed by atoms with Gasteiger partial charge in [-0.2, -0.15) is 0 Å². The number of hydroxylamine groups is 1. The van der Waals surface area contributed by atoms with Crippen molar-refractivity contribution in [2.24, 2.45) is 5.90 Å². The fraction of sp³-hybridized carbons (Fsp3) is 1.00. The van der Waals surface area contributed by atoms with Crippen molar-refractivity contribution < 1.29 is 9.68 Å². The molecular formula is C3H12N2O2. The summed E-state index contributed by atoms with van der Waals surface area (Å²) in [4.78, 5) is 8.04. The van der Waals surface area contributed by atoms with Crippen LogP contribution in [0.25, 0.3) is 0 Å². The molecule has 46 valence electrons. The van der Waals surface area contributed by atoms with Gasteiger partial charge in [-0.1, -0.05) is 0 Å². The molecule has 0 aliphatic rings. The molecule has 0 saturated carbocycles. The molecule has 0 radical (unpaired) electrons. The summed E-state index contributed by atoms with van der Waals surface area (Å²) in [5.74, 6) is 4.35. The van der Waals surface area contributed by atoms with Crippen LogP contribution in [0.1, 0.15) is 0 Å². The Morgan fingerprint density at radius 3 is 1.57 bits per heavy atom. The van der Waals surface area contributed by atoms with Crippen molar-refractivity contribution in [2.75, 3.05) is 21.3 Å². The first-order chi connectivity index (χ1) is 3.33. The Labute approximate surface area is 43.5 Å². The van der Waals surface area contributed by atoms with E-state index in [1.807, 2.05) is 0 Å². The second kappa shape index (κ2) is 17.0. The third-order valence-electron chi connectivity index (χ3n) is 0.204. The van der Waals surface area contributed by atoms with E-state index < -0.39 is 0 Å². The standard InChI is InChI=1S/C2H7NO.CH5NO/c1-3-4-2;1-3-2/h3H,1-2H3;2H2,1H3. The minimum absolute atomic E-state index is 1.40. The largest absolute Gasteiger partial charge is 0.308 e. The molecule has 0 amide bonds. The molecule has 0 aromatic carbocycles. The molecule has 0 heterocycles. The van der Waals surface area contributed by atoms with Gasteiger partial charge in [-0.15, -0.1) is 0 Å². The van der Waals surface area contributed by atoms with Crippen molar-refractivity contribution in [1.82, 2.24) is 5.48 Å². The molecule has 0 bridgehead atoms. The fourth-order valence-corrected chi connectivity index (χ4v) is 0. The van der Waals surface area contributed by atoms with Gasteiger partial charge in [-0.3, -0.25) is 0 Å². The lowest BCUT2D eigenvalue weighted by Gasteiger charge is -1.80. The van der Waals surface area contributed by atoms with E-state index in [0.29, 0.717) is 0 Å². The van der Waals surface area contributed by atoms with Crippen LogP contribution in [0.4, 0.5) is 0 Å².